The van der Waals surface area contributed by atoms with Crippen LogP contribution in [0.3, 0.4) is 0 Å². The zero-order chi connectivity index (χ0) is 29.9. The summed E-state index contributed by atoms with van der Waals surface area (Å²) in [6, 6.07) is 0. The monoisotopic (exact) mass is 566 g/mol. The minimum Gasteiger partial charge on any atom is -0.358 e. The van der Waals surface area contributed by atoms with Gasteiger partial charge in [-0.1, -0.05) is 0 Å². The molecule has 14 heteroatoms. The summed E-state index contributed by atoms with van der Waals surface area (Å²) in [5.41, 5.74) is 1.77. The van der Waals surface area contributed by atoms with E-state index in [0.717, 1.165) is 35.9 Å². The third-order valence-electron chi connectivity index (χ3n) is 8.41. The third-order valence-corrected chi connectivity index (χ3v) is 8.41. The van der Waals surface area contributed by atoms with Crippen LogP contribution in [0.4, 0.5) is 11.6 Å². The summed E-state index contributed by atoms with van der Waals surface area (Å²) in [4.78, 5) is 40.0. The molecule has 14 nitrogen and oxygen atoms in total. The number of aromatic nitrogens is 8. The number of imidazole rings is 4. The predicted octanol–water partition coefficient (Wildman–Crippen LogP) is 4.79. The molecule has 0 amide bonds. The number of rotatable bonds is 14. The molecule has 220 valence electrons. The number of nitro groups is 2. The number of hydrogen-bond acceptors (Lipinski definition) is 8. The zero-order valence-corrected chi connectivity index (χ0v) is 24.6. The Kier molecular flexibility index (Phi) is 8.69. The lowest BCUT2D eigenvalue weighted by Crippen LogP contribution is -2.30. The topological polar surface area (TPSA) is 158 Å². The Bertz CT molecular complexity index is 1390. The van der Waals surface area contributed by atoms with Gasteiger partial charge in [-0.25, -0.2) is 29.1 Å². The number of nitrogens with zero attached hydrogens (tertiary/aromatic N) is 10. The SMILES string of the molecule is Cc1cnc(C)n1CCC(CCn1c(C)cnc1C)(CCn1c([N+](=O)[O-])cnc1C)CCn1c([N+](=O)[O-])cnc1C. The molecule has 41 heavy (non-hydrogen) atoms. The van der Waals surface area contributed by atoms with Crippen LogP contribution in [-0.4, -0.2) is 48.1 Å². The van der Waals surface area contributed by atoms with Gasteiger partial charge < -0.3 is 29.4 Å². The first kappa shape index (κ1) is 29.6. The molecule has 0 fully saturated rings. The largest absolute Gasteiger partial charge is 0.358 e. The van der Waals surface area contributed by atoms with E-state index in [1.807, 2.05) is 40.1 Å². The second-order valence-electron chi connectivity index (χ2n) is 10.8. The molecule has 0 spiro atoms. The first-order chi connectivity index (χ1) is 19.4. The van der Waals surface area contributed by atoms with Crippen LogP contribution in [0.15, 0.2) is 24.8 Å². The molecular weight excluding hydrogens is 528 g/mol. The smallest absolute Gasteiger partial charge is 0.342 e. The first-order valence-electron chi connectivity index (χ1n) is 13.7. The van der Waals surface area contributed by atoms with E-state index < -0.39 is 9.85 Å². The Morgan fingerprint density at radius 3 is 1.15 bits per heavy atom. The van der Waals surface area contributed by atoms with Crippen molar-refractivity contribution < 1.29 is 9.85 Å². The first-order valence-corrected chi connectivity index (χ1v) is 13.7. The van der Waals surface area contributed by atoms with Gasteiger partial charge in [0, 0.05) is 50.7 Å². The number of hydrogen-bond donors (Lipinski definition) is 0. The molecule has 0 bridgehead atoms. The number of aryl methyl sites for hydroxylation is 6. The maximum Gasteiger partial charge on any atom is 0.342 e. The third kappa shape index (κ3) is 6.36. The van der Waals surface area contributed by atoms with Gasteiger partial charge in [0.15, 0.2) is 11.6 Å². The van der Waals surface area contributed by atoms with E-state index in [4.69, 9.17) is 0 Å². The van der Waals surface area contributed by atoms with Crippen LogP contribution in [0.2, 0.25) is 0 Å². The lowest BCUT2D eigenvalue weighted by atomic mass is 9.74. The van der Waals surface area contributed by atoms with Gasteiger partial charge in [-0.2, -0.15) is 0 Å². The van der Waals surface area contributed by atoms with Gasteiger partial charge in [0.05, 0.1) is 13.1 Å². The van der Waals surface area contributed by atoms with E-state index in [-0.39, 0.29) is 17.1 Å². The highest BCUT2D eigenvalue weighted by Crippen LogP contribution is 2.39. The summed E-state index contributed by atoms with van der Waals surface area (Å²) in [6.45, 7) is 13.7. The van der Waals surface area contributed by atoms with Crippen LogP contribution in [0.5, 0.6) is 0 Å². The molecule has 0 N–H and O–H groups in total. The van der Waals surface area contributed by atoms with E-state index >= 15 is 0 Å². The molecule has 0 aliphatic heterocycles. The van der Waals surface area contributed by atoms with Crippen molar-refractivity contribution in [1.82, 2.24) is 38.2 Å². The summed E-state index contributed by atoms with van der Waals surface area (Å²) in [5.74, 6) is 2.91. The highest BCUT2D eigenvalue weighted by atomic mass is 16.6. The maximum atomic E-state index is 11.7. The van der Waals surface area contributed by atoms with Gasteiger partial charge in [-0.05, 0) is 68.6 Å². The Hall–Kier alpha value is -4.36. The highest BCUT2D eigenvalue weighted by molar-refractivity contribution is 5.20. The van der Waals surface area contributed by atoms with Gasteiger partial charge in [0.2, 0.25) is 0 Å². The second kappa shape index (κ2) is 12.0. The molecule has 0 aromatic carbocycles. The van der Waals surface area contributed by atoms with Crippen molar-refractivity contribution in [1.29, 1.82) is 0 Å². The molecule has 0 aliphatic carbocycles. The van der Waals surface area contributed by atoms with E-state index in [1.54, 1.807) is 23.0 Å². The van der Waals surface area contributed by atoms with Crippen LogP contribution in [-0.2, 0) is 26.2 Å². The summed E-state index contributed by atoms with van der Waals surface area (Å²) in [6.07, 6.45) is 9.04. The minimum atomic E-state index is -0.406. The fourth-order valence-electron chi connectivity index (χ4n) is 5.74. The minimum absolute atomic E-state index is 0.0416. The molecule has 0 saturated carbocycles. The average Bonchev–Trinajstić information content (AvgIpc) is 3.66. The van der Waals surface area contributed by atoms with E-state index in [2.05, 4.69) is 29.1 Å². The van der Waals surface area contributed by atoms with Crippen LogP contribution in [0.25, 0.3) is 0 Å². The van der Waals surface area contributed by atoms with E-state index in [0.29, 0.717) is 50.7 Å². The van der Waals surface area contributed by atoms with Gasteiger partial charge in [0.25, 0.3) is 0 Å². The summed E-state index contributed by atoms with van der Waals surface area (Å²) in [5, 5.41) is 23.5. The van der Waals surface area contributed by atoms with E-state index in [1.165, 1.54) is 12.4 Å². The fraction of sp³-hybridized carbons (Fsp3) is 0.556. The van der Waals surface area contributed by atoms with Crippen molar-refractivity contribution in [2.75, 3.05) is 0 Å². The molecule has 0 aliphatic rings. The van der Waals surface area contributed by atoms with E-state index in [9.17, 15) is 20.2 Å². The molecule has 0 saturated heterocycles. The van der Waals surface area contributed by atoms with Crippen molar-refractivity contribution in [2.45, 2.75) is 93.4 Å². The Labute approximate surface area is 238 Å². The summed E-state index contributed by atoms with van der Waals surface area (Å²) < 4.78 is 7.67. The van der Waals surface area contributed by atoms with Crippen LogP contribution in [0, 0.1) is 67.2 Å². The van der Waals surface area contributed by atoms with Gasteiger partial charge in [-0.15, -0.1) is 0 Å². The lowest BCUT2D eigenvalue weighted by Gasteiger charge is -2.34. The molecule has 0 unspecified atom stereocenters. The van der Waals surface area contributed by atoms with Crippen LogP contribution in [0.1, 0.15) is 60.4 Å². The molecule has 4 aromatic rings. The van der Waals surface area contributed by atoms with Gasteiger partial charge in [0.1, 0.15) is 24.0 Å². The maximum absolute atomic E-state index is 11.7. The Morgan fingerprint density at radius 2 is 0.854 bits per heavy atom. The normalized spacial score (nSPS) is 11.9. The lowest BCUT2D eigenvalue weighted by molar-refractivity contribution is -0.392. The second-order valence-corrected chi connectivity index (χ2v) is 10.8. The van der Waals surface area contributed by atoms with Gasteiger partial charge in [-0.3, -0.25) is 0 Å². The average molecular weight is 567 g/mol. The summed E-state index contributed by atoms with van der Waals surface area (Å²) in [7, 11) is 0. The predicted molar refractivity (Wildman–Crippen MR) is 152 cm³/mol. The van der Waals surface area contributed by atoms with Crippen molar-refractivity contribution in [3.05, 3.63) is 79.7 Å². The van der Waals surface area contributed by atoms with Crippen molar-refractivity contribution in [3.63, 3.8) is 0 Å². The fourth-order valence-corrected chi connectivity index (χ4v) is 5.74. The molecular formula is C27H38N10O4. The van der Waals surface area contributed by atoms with Crippen molar-refractivity contribution in [3.8, 4) is 0 Å². The standard InChI is InChI=1S/C27H38N10O4/c1-19-15-28-21(3)32(19)11-7-27(8-12-33-20(2)16-29-22(33)4,9-13-34-23(5)30-17-25(34)36(38)39)10-14-35-24(6)31-18-26(35)37(40)41/h15-18H,7-14H2,1-6H3. The molecule has 0 atom stereocenters. The van der Waals surface area contributed by atoms with Crippen LogP contribution < -0.4 is 0 Å². The highest BCUT2D eigenvalue weighted by Gasteiger charge is 2.34. The van der Waals surface area contributed by atoms with Crippen LogP contribution >= 0.6 is 0 Å². The molecule has 4 aromatic heterocycles. The van der Waals surface area contributed by atoms with Crippen molar-refractivity contribution in [2.24, 2.45) is 5.41 Å². The van der Waals surface area contributed by atoms with Gasteiger partial charge >= 0.3 is 11.6 Å². The molecule has 0 radical (unpaired) electrons. The van der Waals surface area contributed by atoms with Crippen molar-refractivity contribution >= 4 is 11.6 Å². The Morgan fingerprint density at radius 1 is 0.561 bits per heavy atom. The molecule has 4 rings (SSSR count). The zero-order valence-electron chi connectivity index (χ0n) is 24.6. The quantitative estimate of drug-likeness (QED) is 0.156. The molecule has 4 heterocycles. The Balaban J connectivity index is 1.72. The summed E-state index contributed by atoms with van der Waals surface area (Å²) >= 11 is 0.